The maximum atomic E-state index is 12.3. The Morgan fingerprint density at radius 3 is 2.59 bits per heavy atom. The molecule has 0 saturated carbocycles. The van der Waals surface area contributed by atoms with Crippen molar-refractivity contribution in [2.45, 2.75) is 11.4 Å². The molecule has 1 aromatic carbocycles. The average molecular weight is 386 g/mol. The van der Waals surface area contributed by atoms with Gasteiger partial charge >= 0.3 is 5.69 Å². The summed E-state index contributed by atoms with van der Waals surface area (Å²) in [6.45, 7) is -0.146. The summed E-state index contributed by atoms with van der Waals surface area (Å²) in [5.74, 6) is -0.415. The molecule has 3 aromatic rings. The molecule has 140 valence electrons. The molecule has 0 aliphatic heterocycles. The first-order chi connectivity index (χ1) is 12.9. The fourth-order valence-corrected chi connectivity index (χ4v) is 2.98. The normalized spacial score (nSPS) is 11.4. The summed E-state index contributed by atoms with van der Waals surface area (Å²) in [5, 5.41) is 3.93. The number of amides is 1. The zero-order valence-electron chi connectivity index (χ0n) is 15.0. The Kier molecular flexibility index (Phi) is 5.26. The number of fused-ring (bicyclic) bond motifs is 1. The molecule has 1 amide bonds. The van der Waals surface area contributed by atoms with Crippen LogP contribution in [-0.2, 0) is 25.4 Å². The molecular weight excluding hydrogens is 368 g/mol. The highest BCUT2D eigenvalue weighted by molar-refractivity contribution is 7.98. The molecular formula is C17H18N6O3S. The third kappa shape index (κ3) is 3.70. The van der Waals surface area contributed by atoms with Crippen molar-refractivity contribution >= 4 is 35.0 Å². The number of nitrogens with one attached hydrogen (secondary N) is 1. The minimum atomic E-state index is -0.504. The molecule has 0 spiro atoms. The fraction of sp³-hybridized carbons (Fsp3) is 0.235. The molecule has 0 saturated heterocycles. The van der Waals surface area contributed by atoms with Gasteiger partial charge in [0.1, 0.15) is 6.54 Å². The minimum Gasteiger partial charge on any atom is -0.315 e. The molecule has 10 heteroatoms. The van der Waals surface area contributed by atoms with Crippen molar-refractivity contribution in [2.24, 2.45) is 19.2 Å². The van der Waals surface area contributed by atoms with Gasteiger partial charge in [-0.25, -0.2) is 15.2 Å². The van der Waals surface area contributed by atoms with Gasteiger partial charge in [-0.05, 0) is 24.0 Å². The monoisotopic (exact) mass is 386 g/mol. The van der Waals surface area contributed by atoms with Crippen molar-refractivity contribution in [3.8, 4) is 0 Å². The largest absolute Gasteiger partial charge is 0.332 e. The van der Waals surface area contributed by atoms with Crippen LogP contribution >= 0.6 is 11.8 Å². The van der Waals surface area contributed by atoms with Crippen LogP contribution in [0, 0.1) is 0 Å². The lowest BCUT2D eigenvalue weighted by atomic mass is 10.2. The van der Waals surface area contributed by atoms with E-state index in [0.717, 1.165) is 15.0 Å². The standard InChI is InChI=1S/C17H18N6O3S/c1-21-15-14(16(25)22(2)17(21)26)23(10-18-15)9-13(24)20-19-8-11-4-6-12(27-3)7-5-11/h4-8,10H,9H2,1-3H3,(H,20,24)/b19-8-. The quantitative estimate of drug-likeness (QED) is 0.386. The molecule has 0 unspecified atom stereocenters. The van der Waals surface area contributed by atoms with Crippen LogP contribution in [0.4, 0.5) is 0 Å². The van der Waals surface area contributed by atoms with Gasteiger partial charge in [-0.1, -0.05) is 12.1 Å². The van der Waals surface area contributed by atoms with E-state index < -0.39 is 17.2 Å². The lowest BCUT2D eigenvalue weighted by Crippen LogP contribution is -2.38. The predicted octanol–water partition coefficient (Wildman–Crippen LogP) is 0.306. The SMILES string of the molecule is CSc1ccc(/C=N\NC(=O)Cn2cnc3c2c(=O)n(C)c(=O)n3C)cc1. The van der Waals surface area contributed by atoms with E-state index in [4.69, 9.17) is 0 Å². The Morgan fingerprint density at radius 2 is 1.93 bits per heavy atom. The van der Waals surface area contributed by atoms with Crippen LogP contribution in [0.2, 0.25) is 0 Å². The Morgan fingerprint density at radius 1 is 1.22 bits per heavy atom. The van der Waals surface area contributed by atoms with Crippen LogP contribution in [0.25, 0.3) is 11.2 Å². The number of hydrogen-bond donors (Lipinski definition) is 1. The van der Waals surface area contributed by atoms with Crippen molar-refractivity contribution < 1.29 is 4.79 Å². The summed E-state index contributed by atoms with van der Waals surface area (Å²) in [4.78, 5) is 41.6. The number of aromatic nitrogens is 4. The Balaban J connectivity index is 1.75. The molecule has 3 rings (SSSR count). The second-order valence-electron chi connectivity index (χ2n) is 5.82. The predicted molar refractivity (Wildman–Crippen MR) is 104 cm³/mol. The summed E-state index contributed by atoms with van der Waals surface area (Å²) in [6.07, 6.45) is 4.89. The number of carbonyl (C=O) groups excluding carboxylic acids is 1. The van der Waals surface area contributed by atoms with Gasteiger partial charge in [0.05, 0.1) is 12.5 Å². The lowest BCUT2D eigenvalue weighted by Gasteiger charge is -2.06. The first-order valence-electron chi connectivity index (χ1n) is 7.99. The number of benzene rings is 1. The maximum Gasteiger partial charge on any atom is 0.332 e. The third-order valence-corrected chi connectivity index (χ3v) is 4.79. The summed E-state index contributed by atoms with van der Waals surface area (Å²) < 4.78 is 3.64. The Bertz CT molecular complexity index is 1140. The fourth-order valence-electron chi connectivity index (χ4n) is 2.58. The van der Waals surface area contributed by atoms with E-state index in [1.54, 1.807) is 11.8 Å². The number of rotatable bonds is 5. The molecule has 0 atom stereocenters. The van der Waals surface area contributed by atoms with Crippen LogP contribution in [0.15, 0.2) is 50.2 Å². The van der Waals surface area contributed by atoms with Gasteiger partial charge in [-0.15, -0.1) is 11.8 Å². The molecule has 2 heterocycles. The van der Waals surface area contributed by atoms with Gasteiger partial charge < -0.3 is 4.57 Å². The summed E-state index contributed by atoms with van der Waals surface area (Å²) in [5.41, 5.74) is 2.71. The second-order valence-corrected chi connectivity index (χ2v) is 6.70. The number of thioether (sulfide) groups is 1. The third-order valence-electron chi connectivity index (χ3n) is 4.05. The van der Waals surface area contributed by atoms with Gasteiger partial charge in [0.15, 0.2) is 11.2 Å². The van der Waals surface area contributed by atoms with E-state index in [1.165, 1.54) is 35.8 Å². The van der Waals surface area contributed by atoms with Crippen LogP contribution in [0.3, 0.4) is 0 Å². The smallest absolute Gasteiger partial charge is 0.315 e. The molecule has 0 aliphatic rings. The van der Waals surface area contributed by atoms with Crippen molar-refractivity contribution in [1.82, 2.24) is 24.1 Å². The highest BCUT2D eigenvalue weighted by Gasteiger charge is 2.15. The van der Waals surface area contributed by atoms with Gasteiger partial charge in [0.2, 0.25) is 0 Å². The first-order valence-corrected chi connectivity index (χ1v) is 9.21. The van der Waals surface area contributed by atoms with Gasteiger partial charge in [-0.2, -0.15) is 5.10 Å². The van der Waals surface area contributed by atoms with Gasteiger partial charge in [0.25, 0.3) is 11.5 Å². The van der Waals surface area contributed by atoms with E-state index in [1.807, 2.05) is 30.5 Å². The number of nitrogens with zero attached hydrogens (tertiary/aromatic N) is 5. The average Bonchev–Trinajstić information content (AvgIpc) is 3.08. The lowest BCUT2D eigenvalue weighted by molar-refractivity contribution is -0.121. The number of hydrogen-bond acceptors (Lipinski definition) is 6. The Labute approximate surface area is 158 Å². The van der Waals surface area contributed by atoms with E-state index in [9.17, 15) is 14.4 Å². The minimum absolute atomic E-state index is 0.146. The number of imidazole rings is 1. The summed E-state index contributed by atoms with van der Waals surface area (Å²) >= 11 is 1.64. The van der Waals surface area contributed by atoms with Crippen LogP contribution in [0.5, 0.6) is 0 Å². The maximum absolute atomic E-state index is 12.3. The molecule has 2 aromatic heterocycles. The molecule has 0 radical (unpaired) electrons. The van der Waals surface area contributed by atoms with E-state index >= 15 is 0 Å². The van der Waals surface area contributed by atoms with E-state index in [-0.39, 0.29) is 17.7 Å². The molecule has 0 bridgehead atoms. The topological polar surface area (TPSA) is 103 Å². The van der Waals surface area contributed by atoms with E-state index in [2.05, 4.69) is 15.5 Å². The van der Waals surface area contributed by atoms with Crippen LogP contribution < -0.4 is 16.7 Å². The van der Waals surface area contributed by atoms with Crippen molar-refractivity contribution in [3.05, 3.63) is 57.0 Å². The second kappa shape index (κ2) is 7.62. The van der Waals surface area contributed by atoms with Crippen LogP contribution in [0.1, 0.15) is 5.56 Å². The van der Waals surface area contributed by atoms with E-state index in [0.29, 0.717) is 0 Å². The van der Waals surface area contributed by atoms with Crippen molar-refractivity contribution in [2.75, 3.05) is 6.26 Å². The van der Waals surface area contributed by atoms with Gasteiger partial charge in [-0.3, -0.25) is 18.7 Å². The molecule has 27 heavy (non-hydrogen) atoms. The first kappa shape index (κ1) is 18.6. The number of carbonyl (C=O) groups is 1. The number of aryl methyl sites for hydroxylation is 1. The highest BCUT2D eigenvalue weighted by Crippen LogP contribution is 2.13. The molecule has 0 aliphatic carbocycles. The van der Waals surface area contributed by atoms with Crippen LogP contribution in [-0.4, -0.2) is 37.1 Å². The zero-order chi connectivity index (χ0) is 19.6. The van der Waals surface area contributed by atoms with Crippen molar-refractivity contribution in [1.29, 1.82) is 0 Å². The van der Waals surface area contributed by atoms with Crippen molar-refractivity contribution in [3.63, 3.8) is 0 Å². The summed E-state index contributed by atoms with van der Waals surface area (Å²) in [6, 6.07) is 7.72. The summed E-state index contributed by atoms with van der Waals surface area (Å²) in [7, 11) is 2.91. The molecule has 1 N–H and O–H groups in total. The van der Waals surface area contributed by atoms with Gasteiger partial charge in [0, 0.05) is 19.0 Å². The highest BCUT2D eigenvalue weighted by atomic mass is 32.2. The molecule has 0 fully saturated rings. The number of hydrazone groups is 1. The zero-order valence-corrected chi connectivity index (χ0v) is 15.9. The Hall–Kier alpha value is -3.14. The molecule has 9 nitrogen and oxygen atoms in total.